The summed E-state index contributed by atoms with van der Waals surface area (Å²) in [6.45, 7) is 4.55. The van der Waals surface area contributed by atoms with Crippen LogP contribution in [0.15, 0.2) is 14.7 Å². The van der Waals surface area contributed by atoms with Crippen LogP contribution in [-0.4, -0.2) is 18.5 Å². The van der Waals surface area contributed by atoms with Gasteiger partial charge in [-0.3, -0.25) is 4.72 Å². The molecule has 2 heterocycles. The summed E-state index contributed by atoms with van der Waals surface area (Å²) in [5.41, 5.74) is 1.02. The third-order valence-electron chi connectivity index (χ3n) is 2.59. The van der Waals surface area contributed by atoms with Crippen molar-refractivity contribution in [2.24, 2.45) is 0 Å². The first-order chi connectivity index (χ1) is 8.85. The van der Waals surface area contributed by atoms with Gasteiger partial charge in [0.2, 0.25) is 0 Å². The van der Waals surface area contributed by atoms with Crippen molar-refractivity contribution in [1.82, 2.24) is 4.98 Å². The Hall–Kier alpha value is -1.38. The van der Waals surface area contributed by atoms with E-state index in [0.29, 0.717) is 10.9 Å². The molecular formula is C11H14N2O4S2. The zero-order valence-corrected chi connectivity index (χ0v) is 12.4. The van der Waals surface area contributed by atoms with Crippen molar-refractivity contribution in [2.45, 2.75) is 32.3 Å². The van der Waals surface area contributed by atoms with E-state index < -0.39 is 16.6 Å². The second kappa shape index (κ2) is 4.95. The minimum absolute atomic E-state index is 0.0136. The van der Waals surface area contributed by atoms with Crippen molar-refractivity contribution in [3.8, 4) is 0 Å². The molecule has 0 amide bonds. The maximum Gasteiger partial charge on any atom is 0.267 e. The van der Waals surface area contributed by atoms with Crippen LogP contribution >= 0.6 is 11.3 Å². The highest BCUT2D eigenvalue weighted by Gasteiger charge is 2.27. The van der Waals surface area contributed by atoms with E-state index in [9.17, 15) is 13.5 Å². The van der Waals surface area contributed by atoms with E-state index >= 15 is 0 Å². The zero-order chi connectivity index (χ0) is 14.2. The number of aliphatic hydroxyl groups is 1. The molecule has 0 bridgehead atoms. The topological polar surface area (TPSA) is 92.4 Å². The summed E-state index contributed by atoms with van der Waals surface area (Å²) in [5, 5.41) is 11.3. The number of aliphatic hydroxyl groups excluding tert-OH is 1. The maximum absolute atomic E-state index is 12.3. The number of rotatable bonds is 4. The van der Waals surface area contributed by atoms with Gasteiger partial charge in [-0.05, 0) is 20.8 Å². The molecule has 104 valence electrons. The molecule has 19 heavy (non-hydrogen) atoms. The Bertz CT molecular complexity index is 700. The fourth-order valence-electron chi connectivity index (χ4n) is 1.81. The van der Waals surface area contributed by atoms with Crippen LogP contribution < -0.4 is 4.72 Å². The normalized spacial score (nSPS) is 11.8. The molecule has 0 aliphatic rings. The van der Waals surface area contributed by atoms with Crippen LogP contribution in [0.2, 0.25) is 0 Å². The summed E-state index contributed by atoms with van der Waals surface area (Å²) in [4.78, 5) is 4.03. The van der Waals surface area contributed by atoms with E-state index in [2.05, 4.69) is 9.71 Å². The highest BCUT2D eigenvalue weighted by molar-refractivity contribution is 7.93. The summed E-state index contributed by atoms with van der Waals surface area (Å²) >= 11 is 1.20. The third-order valence-corrected chi connectivity index (χ3v) is 5.13. The molecule has 2 N–H and O–H groups in total. The first-order valence-corrected chi connectivity index (χ1v) is 7.86. The second-order valence-corrected chi connectivity index (χ2v) is 6.56. The van der Waals surface area contributed by atoms with Crippen molar-refractivity contribution >= 4 is 26.5 Å². The smallest absolute Gasteiger partial charge is 0.267 e. The highest BCUT2D eigenvalue weighted by atomic mass is 32.2. The van der Waals surface area contributed by atoms with Gasteiger partial charge in [0.15, 0.2) is 5.13 Å². The molecule has 2 aromatic rings. The van der Waals surface area contributed by atoms with Gasteiger partial charge in [-0.1, -0.05) is 0 Å². The van der Waals surface area contributed by atoms with Crippen molar-refractivity contribution in [3.05, 3.63) is 28.2 Å². The lowest BCUT2D eigenvalue weighted by atomic mass is 10.2. The predicted octanol–water partition coefficient (Wildman–Crippen LogP) is 1.95. The molecule has 0 unspecified atom stereocenters. The van der Waals surface area contributed by atoms with E-state index in [-0.39, 0.29) is 16.2 Å². The summed E-state index contributed by atoms with van der Waals surface area (Å²) in [7, 11) is -3.81. The van der Waals surface area contributed by atoms with E-state index in [4.69, 9.17) is 4.42 Å². The number of thiazole rings is 1. The molecule has 0 saturated carbocycles. The number of nitrogens with zero attached hydrogens (tertiary/aromatic N) is 1. The average Bonchev–Trinajstić information content (AvgIpc) is 2.81. The molecule has 2 aromatic heterocycles. The Morgan fingerprint density at radius 2 is 2.05 bits per heavy atom. The van der Waals surface area contributed by atoms with Crippen molar-refractivity contribution < 1.29 is 17.9 Å². The van der Waals surface area contributed by atoms with Crippen LogP contribution in [0.1, 0.15) is 22.8 Å². The monoisotopic (exact) mass is 302 g/mol. The van der Waals surface area contributed by atoms with Crippen molar-refractivity contribution in [2.75, 3.05) is 4.72 Å². The van der Waals surface area contributed by atoms with Gasteiger partial charge < -0.3 is 9.52 Å². The van der Waals surface area contributed by atoms with E-state index in [1.165, 1.54) is 11.3 Å². The molecule has 0 aliphatic carbocycles. The van der Waals surface area contributed by atoms with Gasteiger partial charge in [0.25, 0.3) is 10.0 Å². The summed E-state index contributed by atoms with van der Waals surface area (Å²) in [5.74, 6) is 0.651. The molecular weight excluding hydrogens is 288 g/mol. The maximum atomic E-state index is 12.3. The van der Waals surface area contributed by atoms with Crippen LogP contribution in [0.3, 0.4) is 0 Å². The van der Waals surface area contributed by atoms with E-state index in [1.807, 2.05) is 0 Å². The number of sulfonamides is 1. The lowest BCUT2D eigenvalue weighted by molar-refractivity contribution is 0.276. The molecule has 0 atom stereocenters. The third kappa shape index (κ3) is 2.65. The van der Waals surface area contributed by atoms with Gasteiger partial charge in [0.1, 0.15) is 16.4 Å². The molecule has 0 fully saturated rings. The Morgan fingerprint density at radius 3 is 2.58 bits per heavy atom. The molecule has 8 heteroatoms. The molecule has 2 rings (SSSR count). The number of nitrogens with one attached hydrogen (secondary N) is 1. The molecule has 0 aliphatic heterocycles. The van der Waals surface area contributed by atoms with Gasteiger partial charge in [0.05, 0.1) is 12.3 Å². The number of anilines is 1. The Morgan fingerprint density at radius 1 is 1.37 bits per heavy atom. The Balaban J connectivity index is 2.45. The predicted molar refractivity (Wildman–Crippen MR) is 71.8 cm³/mol. The van der Waals surface area contributed by atoms with Crippen LogP contribution in [0.4, 0.5) is 5.13 Å². The fraction of sp³-hybridized carbons (Fsp3) is 0.364. The Labute approximate surface area is 115 Å². The van der Waals surface area contributed by atoms with Crippen LogP contribution in [-0.2, 0) is 16.6 Å². The number of furan rings is 1. The molecule has 0 aromatic carbocycles. The lowest BCUT2D eigenvalue weighted by Crippen LogP contribution is -2.15. The summed E-state index contributed by atoms with van der Waals surface area (Å²) in [6, 6.07) is 0. The van der Waals surface area contributed by atoms with Gasteiger partial charge in [-0.15, -0.1) is 11.3 Å². The number of hydrogen-bond acceptors (Lipinski definition) is 6. The van der Waals surface area contributed by atoms with Crippen LogP contribution in [0.5, 0.6) is 0 Å². The highest BCUT2D eigenvalue weighted by Crippen LogP contribution is 2.29. The standard InChI is InChI=1S/C11H14N2O4S2/c1-6-5-18-11(12-6)13-19(15,16)10-8(3)17-7(2)9(10)4-14/h5,14H,4H2,1-3H3,(H,12,13). The Kier molecular flexibility index (Phi) is 3.66. The molecule has 0 spiro atoms. The second-order valence-electron chi connectivity index (χ2n) is 4.08. The number of aryl methyl sites for hydroxylation is 3. The first-order valence-electron chi connectivity index (χ1n) is 5.50. The summed E-state index contributed by atoms with van der Waals surface area (Å²) < 4.78 is 32.3. The van der Waals surface area contributed by atoms with Crippen LogP contribution in [0.25, 0.3) is 0 Å². The minimum Gasteiger partial charge on any atom is -0.465 e. The van der Waals surface area contributed by atoms with Gasteiger partial charge in [-0.25, -0.2) is 13.4 Å². The van der Waals surface area contributed by atoms with Gasteiger partial charge in [-0.2, -0.15) is 0 Å². The first kappa shape index (κ1) is 14.0. The minimum atomic E-state index is -3.81. The lowest BCUT2D eigenvalue weighted by Gasteiger charge is -2.05. The van der Waals surface area contributed by atoms with Crippen molar-refractivity contribution in [1.29, 1.82) is 0 Å². The van der Waals surface area contributed by atoms with Gasteiger partial charge >= 0.3 is 0 Å². The number of hydrogen-bond donors (Lipinski definition) is 2. The van der Waals surface area contributed by atoms with E-state index in [0.717, 1.165) is 5.69 Å². The summed E-state index contributed by atoms with van der Waals surface area (Å²) in [6.07, 6.45) is 0. The van der Waals surface area contributed by atoms with Crippen molar-refractivity contribution in [3.63, 3.8) is 0 Å². The average molecular weight is 302 g/mol. The fourth-order valence-corrected chi connectivity index (χ4v) is 4.19. The number of aromatic nitrogens is 1. The van der Waals surface area contributed by atoms with Crippen LogP contribution in [0, 0.1) is 20.8 Å². The molecule has 6 nitrogen and oxygen atoms in total. The largest absolute Gasteiger partial charge is 0.465 e. The molecule has 0 radical (unpaired) electrons. The quantitative estimate of drug-likeness (QED) is 0.900. The zero-order valence-electron chi connectivity index (χ0n) is 10.7. The van der Waals surface area contributed by atoms with E-state index in [1.54, 1.807) is 26.2 Å². The SMILES string of the molecule is Cc1csc(NS(=O)(=O)c2c(C)oc(C)c2CO)n1. The van der Waals surface area contributed by atoms with Gasteiger partial charge in [0, 0.05) is 10.9 Å². The molecule has 0 saturated heterocycles.